The van der Waals surface area contributed by atoms with Crippen molar-refractivity contribution in [2.24, 2.45) is 0 Å². The van der Waals surface area contributed by atoms with Crippen molar-refractivity contribution in [2.45, 2.75) is 19.4 Å². The maximum atomic E-state index is 13.5. The molecule has 3 rings (SSSR count). The van der Waals surface area contributed by atoms with Gasteiger partial charge in [0.05, 0.1) is 6.20 Å². The summed E-state index contributed by atoms with van der Waals surface area (Å²) in [6.07, 6.45) is 2.80. The van der Waals surface area contributed by atoms with Gasteiger partial charge in [-0.25, -0.2) is 13.8 Å². The molecule has 0 unspecified atom stereocenters. The number of amides is 1. The zero-order valence-corrected chi connectivity index (χ0v) is 11.8. The highest BCUT2D eigenvalue weighted by atomic mass is 19.1. The van der Waals surface area contributed by atoms with Gasteiger partial charge in [0.1, 0.15) is 5.82 Å². The third-order valence-corrected chi connectivity index (χ3v) is 3.65. The molecule has 1 aromatic carbocycles. The van der Waals surface area contributed by atoms with Gasteiger partial charge >= 0.3 is 0 Å². The van der Waals surface area contributed by atoms with Gasteiger partial charge in [0.2, 0.25) is 0 Å². The van der Waals surface area contributed by atoms with Gasteiger partial charge in [-0.15, -0.1) is 0 Å². The van der Waals surface area contributed by atoms with E-state index >= 15 is 0 Å². The largest absolute Gasteiger partial charge is 0.385 e. The van der Waals surface area contributed by atoms with Crippen LogP contribution in [0.3, 0.4) is 0 Å². The molecule has 22 heavy (non-hydrogen) atoms. The fourth-order valence-corrected chi connectivity index (χ4v) is 2.59. The topological polar surface area (TPSA) is 54.0 Å². The summed E-state index contributed by atoms with van der Waals surface area (Å²) in [4.78, 5) is 15.5. The van der Waals surface area contributed by atoms with Gasteiger partial charge in [0.25, 0.3) is 5.91 Å². The maximum Gasteiger partial charge on any atom is 0.273 e. The highest BCUT2D eigenvalue weighted by molar-refractivity contribution is 5.92. The van der Waals surface area contributed by atoms with Crippen LogP contribution in [0.25, 0.3) is 0 Å². The molecule has 114 valence electrons. The second-order valence-electron chi connectivity index (χ2n) is 5.14. The number of hydrogen-bond acceptors (Lipinski definition) is 3. The molecule has 0 saturated carbocycles. The summed E-state index contributed by atoms with van der Waals surface area (Å²) in [5.74, 6) is -2.43. The summed E-state index contributed by atoms with van der Waals surface area (Å²) >= 11 is 0. The average Bonchev–Trinajstić information content (AvgIpc) is 2.52. The molecule has 6 heteroatoms. The van der Waals surface area contributed by atoms with Crippen LogP contribution < -0.4 is 10.6 Å². The summed E-state index contributed by atoms with van der Waals surface area (Å²) in [5.41, 5.74) is 2.83. The molecule has 0 radical (unpaired) electrons. The van der Waals surface area contributed by atoms with E-state index in [2.05, 4.69) is 15.6 Å². The lowest BCUT2D eigenvalue weighted by Gasteiger charge is -2.21. The van der Waals surface area contributed by atoms with Crippen LogP contribution in [-0.2, 0) is 13.0 Å². The van der Waals surface area contributed by atoms with Crippen LogP contribution in [0.2, 0.25) is 0 Å². The predicted molar refractivity (Wildman–Crippen MR) is 78.6 cm³/mol. The average molecular weight is 303 g/mol. The Morgan fingerprint density at radius 2 is 2.23 bits per heavy atom. The Labute approximate surface area is 126 Å². The van der Waals surface area contributed by atoms with Crippen LogP contribution in [0, 0.1) is 11.6 Å². The molecule has 0 fully saturated rings. The number of carbonyl (C=O) groups is 1. The van der Waals surface area contributed by atoms with Gasteiger partial charge in [-0.1, -0.05) is 12.1 Å². The number of benzene rings is 1. The molecule has 0 atom stereocenters. The second kappa shape index (κ2) is 6.09. The van der Waals surface area contributed by atoms with E-state index in [0.717, 1.165) is 36.8 Å². The SMILES string of the molecule is O=C(NCc1cccc2c1CCCN2)c1ncc(F)cc1F. The number of carbonyl (C=O) groups excluding carboxylic acids is 1. The number of fused-ring (bicyclic) bond motifs is 1. The van der Waals surface area contributed by atoms with Crippen molar-refractivity contribution < 1.29 is 13.6 Å². The van der Waals surface area contributed by atoms with E-state index in [4.69, 9.17) is 0 Å². The smallest absolute Gasteiger partial charge is 0.273 e. The molecule has 2 aromatic rings. The molecule has 2 N–H and O–H groups in total. The first kappa shape index (κ1) is 14.4. The fourth-order valence-electron chi connectivity index (χ4n) is 2.59. The van der Waals surface area contributed by atoms with E-state index in [1.165, 1.54) is 5.56 Å². The summed E-state index contributed by atoms with van der Waals surface area (Å²) < 4.78 is 26.3. The van der Waals surface area contributed by atoms with Crippen LogP contribution in [-0.4, -0.2) is 17.4 Å². The quantitative estimate of drug-likeness (QED) is 0.916. The lowest BCUT2D eigenvalue weighted by atomic mass is 9.97. The first-order valence-electron chi connectivity index (χ1n) is 7.09. The van der Waals surface area contributed by atoms with Crippen molar-refractivity contribution in [1.82, 2.24) is 10.3 Å². The van der Waals surface area contributed by atoms with Crippen molar-refractivity contribution >= 4 is 11.6 Å². The number of pyridine rings is 1. The zero-order valence-electron chi connectivity index (χ0n) is 11.8. The number of hydrogen-bond donors (Lipinski definition) is 2. The molecule has 1 aromatic heterocycles. The number of anilines is 1. The van der Waals surface area contributed by atoms with Crippen LogP contribution in [0.5, 0.6) is 0 Å². The van der Waals surface area contributed by atoms with E-state index in [1.807, 2.05) is 18.2 Å². The van der Waals surface area contributed by atoms with Crippen molar-refractivity contribution in [3.8, 4) is 0 Å². The molecule has 2 heterocycles. The normalized spacial score (nSPS) is 13.2. The zero-order chi connectivity index (χ0) is 15.5. The fraction of sp³-hybridized carbons (Fsp3) is 0.250. The van der Waals surface area contributed by atoms with Crippen LogP contribution in [0.1, 0.15) is 28.0 Å². The molecule has 0 spiro atoms. The molecule has 0 saturated heterocycles. The minimum atomic E-state index is -0.964. The first-order chi connectivity index (χ1) is 10.6. The van der Waals surface area contributed by atoms with Gasteiger partial charge in [-0.2, -0.15) is 0 Å². The highest BCUT2D eigenvalue weighted by Gasteiger charge is 2.16. The highest BCUT2D eigenvalue weighted by Crippen LogP contribution is 2.25. The summed E-state index contributed by atoms with van der Waals surface area (Å²) in [6.45, 7) is 1.22. The second-order valence-corrected chi connectivity index (χ2v) is 5.14. The molecule has 1 amide bonds. The predicted octanol–water partition coefficient (Wildman–Crippen LogP) is 2.65. The summed E-state index contributed by atoms with van der Waals surface area (Å²) in [7, 11) is 0. The number of aromatic nitrogens is 1. The van der Waals surface area contributed by atoms with Gasteiger partial charge in [-0.05, 0) is 30.0 Å². The summed E-state index contributed by atoms with van der Waals surface area (Å²) in [5, 5.41) is 5.94. The Balaban J connectivity index is 1.74. The number of nitrogens with zero attached hydrogens (tertiary/aromatic N) is 1. The lowest BCUT2D eigenvalue weighted by Crippen LogP contribution is -2.26. The number of nitrogens with one attached hydrogen (secondary N) is 2. The van der Waals surface area contributed by atoms with Crippen molar-refractivity contribution in [2.75, 3.05) is 11.9 Å². The van der Waals surface area contributed by atoms with Gasteiger partial charge < -0.3 is 10.6 Å². The third-order valence-electron chi connectivity index (χ3n) is 3.65. The molecular weight excluding hydrogens is 288 g/mol. The van der Waals surface area contributed by atoms with E-state index < -0.39 is 23.2 Å². The van der Waals surface area contributed by atoms with Crippen LogP contribution in [0.15, 0.2) is 30.5 Å². The van der Waals surface area contributed by atoms with Crippen molar-refractivity contribution in [3.63, 3.8) is 0 Å². The Morgan fingerprint density at radius 3 is 3.05 bits per heavy atom. The van der Waals surface area contributed by atoms with Crippen LogP contribution in [0.4, 0.5) is 14.5 Å². The Bertz CT molecular complexity index is 719. The third kappa shape index (κ3) is 2.90. The van der Waals surface area contributed by atoms with E-state index in [9.17, 15) is 13.6 Å². The molecule has 1 aliphatic heterocycles. The van der Waals surface area contributed by atoms with Crippen molar-refractivity contribution in [1.29, 1.82) is 0 Å². The van der Waals surface area contributed by atoms with Gasteiger partial charge in [0.15, 0.2) is 11.5 Å². The molecule has 4 nitrogen and oxygen atoms in total. The molecule has 0 aliphatic carbocycles. The Kier molecular flexibility index (Phi) is 4.00. The minimum Gasteiger partial charge on any atom is -0.385 e. The number of rotatable bonds is 3. The van der Waals surface area contributed by atoms with Crippen molar-refractivity contribution in [3.05, 3.63) is 58.9 Å². The first-order valence-corrected chi connectivity index (χ1v) is 7.09. The van der Waals surface area contributed by atoms with E-state index in [0.29, 0.717) is 6.07 Å². The maximum absolute atomic E-state index is 13.5. The molecular formula is C16H15F2N3O. The van der Waals surface area contributed by atoms with E-state index in [1.54, 1.807) is 0 Å². The molecule has 0 bridgehead atoms. The minimum absolute atomic E-state index is 0.280. The van der Waals surface area contributed by atoms with Crippen LogP contribution >= 0.6 is 0 Å². The van der Waals surface area contributed by atoms with Gasteiger partial charge in [-0.3, -0.25) is 4.79 Å². The molecule has 1 aliphatic rings. The summed E-state index contributed by atoms with van der Waals surface area (Å²) in [6, 6.07) is 6.49. The standard InChI is InChI=1S/C16H15F2N3O/c17-11-7-13(18)15(20-9-11)16(22)21-8-10-3-1-5-14-12(10)4-2-6-19-14/h1,3,5,7,9,19H,2,4,6,8H2,(H,21,22). The van der Waals surface area contributed by atoms with E-state index in [-0.39, 0.29) is 6.54 Å². The number of halogens is 2. The Hall–Kier alpha value is -2.50. The Morgan fingerprint density at radius 1 is 1.36 bits per heavy atom. The lowest BCUT2D eigenvalue weighted by molar-refractivity contribution is 0.0941. The monoisotopic (exact) mass is 303 g/mol. The van der Waals surface area contributed by atoms with Gasteiger partial charge in [0, 0.05) is 24.8 Å².